The fourth-order valence-electron chi connectivity index (χ4n) is 5.10. The van der Waals surface area contributed by atoms with Gasteiger partial charge in [-0.1, -0.05) is 72.8 Å². The SMILES string of the molecule is CN(C(N)=N[C@@H](Cc1ccc(NC(=O)c2c(Cl)cccc2Cl)cc1)C(=O)O)c1ccccc1C(=O)NCC1CCCCC1. The lowest BCUT2D eigenvalue weighted by molar-refractivity contribution is -0.138. The number of nitrogens with one attached hydrogen (secondary N) is 2. The maximum Gasteiger partial charge on any atom is 0.328 e. The van der Waals surface area contributed by atoms with Crippen molar-refractivity contribution in [2.24, 2.45) is 16.6 Å². The number of benzene rings is 3. The predicted molar refractivity (Wildman–Crippen MR) is 171 cm³/mol. The second kappa shape index (κ2) is 14.9. The molecule has 9 nitrogen and oxygen atoms in total. The molecule has 0 radical (unpaired) electrons. The molecule has 0 aromatic heterocycles. The van der Waals surface area contributed by atoms with Gasteiger partial charge in [0.05, 0.1) is 26.9 Å². The van der Waals surface area contributed by atoms with E-state index in [2.05, 4.69) is 15.6 Å². The zero-order valence-electron chi connectivity index (χ0n) is 23.9. The zero-order chi connectivity index (χ0) is 30.9. The molecule has 0 unspecified atom stereocenters. The Morgan fingerprint density at radius 2 is 1.60 bits per heavy atom. The first-order valence-corrected chi connectivity index (χ1v) is 14.9. The Labute approximate surface area is 261 Å². The van der Waals surface area contributed by atoms with Gasteiger partial charge in [-0.15, -0.1) is 0 Å². The van der Waals surface area contributed by atoms with E-state index in [1.54, 1.807) is 73.8 Å². The van der Waals surface area contributed by atoms with Gasteiger partial charge in [-0.25, -0.2) is 9.79 Å². The number of amides is 2. The van der Waals surface area contributed by atoms with Gasteiger partial charge in [-0.3, -0.25) is 9.59 Å². The number of para-hydroxylation sites is 1. The van der Waals surface area contributed by atoms with Crippen LogP contribution in [0.5, 0.6) is 0 Å². The van der Waals surface area contributed by atoms with E-state index in [4.69, 9.17) is 28.9 Å². The molecule has 226 valence electrons. The van der Waals surface area contributed by atoms with Gasteiger partial charge in [0.2, 0.25) is 0 Å². The fourth-order valence-corrected chi connectivity index (χ4v) is 5.66. The number of anilines is 2. The van der Waals surface area contributed by atoms with Gasteiger partial charge in [-0.2, -0.15) is 0 Å². The molecule has 0 saturated heterocycles. The van der Waals surface area contributed by atoms with Crippen molar-refractivity contribution in [3.05, 3.63) is 93.5 Å². The van der Waals surface area contributed by atoms with Crippen LogP contribution in [0.15, 0.2) is 71.7 Å². The number of nitrogens with two attached hydrogens (primary N) is 1. The highest BCUT2D eigenvalue weighted by Crippen LogP contribution is 2.26. The summed E-state index contributed by atoms with van der Waals surface area (Å²) in [6, 6.07) is 17.3. The van der Waals surface area contributed by atoms with Gasteiger partial charge >= 0.3 is 5.97 Å². The minimum Gasteiger partial charge on any atom is -0.480 e. The number of rotatable bonds is 10. The fraction of sp³-hybridized carbons (Fsp3) is 0.312. The summed E-state index contributed by atoms with van der Waals surface area (Å²) in [5.74, 6) is -1.38. The Morgan fingerprint density at radius 3 is 2.26 bits per heavy atom. The summed E-state index contributed by atoms with van der Waals surface area (Å²) in [5, 5.41) is 16.1. The Kier molecular flexibility index (Phi) is 11.0. The summed E-state index contributed by atoms with van der Waals surface area (Å²) < 4.78 is 0. The number of carbonyl (C=O) groups is 3. The molecule has 1 fully saturated rings. The van der Waals surface area contributed by atoms with E-state index in [1.165, 1.54) is 24.2 Å². The highest BCUT2D eigenvalue weighted by molar-refractivity contribution is 6.40. The molecule has 0 aliphatic heterocycles. The Morgan fingerprint density at radius 1 is 0.953 bits per heavy atom. The molecule has 1 aliphatic carbocycles. The summed E-state index contributed by atoms with van der Waals surface area (Å²) in [5.41, 5.74) is 8.54. The first kappa shape index (κ1) is 31.8. The number of guanidine groups is 1. The average molecular weight is 625 g/mol. The molecule has 43 heavy (non-hydrogen) atoms. The molecule has 3 aromatic rings. The van der Waals surface area contributed by atoms with Crippen LogP contribution in [-0.4, -0.2) is 48.5 Å². The summed E-state index contributed by atoms with van der Waals surface area (Å²) in [6.45, 7) is 0.623. The largest absolute Gasteiger partial charge is 0.480 e. The molecule has 0 heterocycles. The van der Waals surface area contributed by atoms with Gasteiger partial charge in [0.25, 0.3) is 11.8 Å². The number of hydrogen-bond acceptors (Lipinski definition) is 4. The van der Waals surface area contributed by atoms with Crippen molar-refractivity contribution >= 4 is 58.3 Å². The summed E-state index contributed by atoms with van der Waals surface area (Å²) in [7, 11) is 1.65. The molecule has 1 atom stereocenters. The summed E-state index contributed by atoms with van der Waals surface area (Å²) in [4.78, 5) is 43.6. The molecule has 4 rings (SSSR count). The molecular formula is C32H35Cl2N5O4. The number of nitrogens with zero attached hydrogens (tertiary/aromatic N) is 2. The number of hydrogen-bond donors (Lipinski definition) is 4. The van der Waals surface area contributed by atoms with Crippen LogP contribution in [0.3, 0.4) is 0 Å². The van der Waals surface area contributed by atoms with Crippen molar-refractivity contribution in [3.8, 4) is 0 Å². The maximum absolute atomic E-state index is 13.1. The highest BCUT2D eigenvalue weighted by Gasteiger charge is 2.22. The first-order chi connectivity index (χ1) is 20.6. The van der Waals surface area contributed by atoms with E-state index in [0.29, 0.717) is 35.0 Å². The van der Waals surface area contributed by atoms with Gasteiger partial charge < -0.3 is 26.4 Å². The third kappa shape index (κ3) is 8.49. The zero-order valence-corrected chi connectivity index (χ0v) is 25.4. The van der Waals surface area contributed by atoms with Crippen molar-refractivity contribution in [1.29, 1.82) is 0 Å². The van der Waals surface area contributed by atoms with Gasteiger partial charge in [0.15, 0.2) is 12.0 Å². The number of aliphatic imine (C=N–C) groups is 1. The monoisotopic (exact) mass is 623 g/mol. The predicted octanol–water partition coefficient (Wildman–Crippen LogP) is 6.00. The number of carboxylic acid groups (broad SMARTS) is 1. The van der Waals surface area contributed by atoms with E-state index >= 15 is 0 Å². The normalized spacial score (nSPS) is 14.5. The molecule has 1 saturated carbocycles. The smallest absolute Gasteiger partial charge is 0.328 e. The van der Waals surface area contributed by atoms with Crippen molar-refractivity contribution < 1.29 is 19.5 Å². The third-order valence-electron chi connectivity index (χ3n) is 7.53. The van der Waals surface area contributed by atoms with Crippen molar-refractivity contribution in [2.75, 3.05) is 23.8 Å². The van der Waals surface area contributed by atoms with E-state index in [-0.39, 0.29) is 33.9 Å². The second-order valence-corrected chi connectivity index (χ2v) is 11.4. The molecule has 3 aromatic carbocycles. The van der Waals surface area contributed by atoms with E-state index in [0.717, 1.165) is 12.8 Å². The van der Waals surface area contributed by atoms with E-state index in [1.807, 2.05) is 0 Å². The van der Waals surface area contributed by atoms with Crippen LogP contribution in [0.25, 0.3) is 0 Å². The topological polar surface area (TPSA) is 137 Å². The standard InChI is InChI=1S/C32H35Cl2N5O4/c1-39(27-13-6-5-10-23(27)29(40)36-19-21-8-3-2-4-9-21)32(35)38-26(31(42)43)18-20-14-16-22(17-15-20)37-30(41)28-24(33)11-7-12-25(28)34/h5-7,10-17,21,26H,2-4,8-9,18-19H2,1H3,(H2,35,38)(H,36,40)(H,37,41)(H,42,43)/t26-/m0/s1. The molecule has 5 N–H and O–H groups in total. The minimum absolute atomic E-state index is 0.0413. The van der Waals surface area contributed by atoms with Gasteiger partial charge in [0, 0.05) is 25.7 Å². The second-order valence-electron chi connectivity index (χ2n) is 10.6. The van der Waals surface area contributed by atoms with Gasteiger partial charge in [0.1, 0.15) is 0 Å². The third-order valence-corrected chi connectivity index (χ3v) is 8.16. The molecular weight excluding hydrogens is 589 g/mol. The molecule has 0 spiro atoms. The van der Waals surface area contributed by atoms with Crippen LogP contribution < -0.4 is 21.3 Å². The van der Waals surface area contributed by atoms with Crippen LogP contribution in [0.2, 0.25) is 10.0 Å². The molecule has 11 heteroatoms. The molecule has 2 amide bonds. The van der Waals surface area contributed by atoms with E-state index in [9.17, 15) is 19.5 Å². The minimum atomic E-state index is -1.18. The van der Waals surface area contributed by atoms with Crippen LogP contribution in [0.1, 0.15) is 58.4 Å². The number of halogens is 2. The lowest BCUT2D eigenvalue weighted by Crippen LogP contribution is -2.38. The number of aliphatic carboxylic acids is 1. The Bertz CT molecular complexity index is 1470. The van der Waals surface area contributed by atoms with E-state index < -0.39 is 17.9 Å². The Hall–Kier alpha value is -4.08. The Balaban J connectivity index is 1.42. The summed E-state index contributed by atoms with van der Waals surface area (Å²) >= 11 is 12.3. The highest BCUT2D eigenvalue weighted by atomic mass is 35.5. The van der Waals surface area contributed by atoms with Crippen molar-refractivity contribution in [1.82, 2.24) is 5.32 Å². The number of carboxylic acids is 1. The van der Waals surface area contributed by atoms with Crippen LogP contribution in [-0.2, 0) is 11.2 Å². The van der Waals surface area contributed by atoms with Crippen LogP contribution in [0.4, 0.5) is 11.4 Å². The van der Waals surface area contributed by atoms with Gasteiger partial charge in [-0.05, 0) is 60.7 Å². The van der Waals surface area contributed by atoms with Crippen molar-refractivity contribution in [3.63, 3.8) is 0 Å². The van der Waals surface area contributed by atoms with Crippen LogP contribution in [0, 0.1) is 5.92 Å². The lowest BCUT2D eigenvalue weighted by atomic mass is 9.89. The maximum atomic E-state index is 13.1. The average Bonchev–Trinajstić information content (AvgIpc) is 3.00. The van der Waals surface area contributed by atoms with Crippen molar-refractivity contribution in [2.45, 2.75) is 44.6 Å². The quantitative estimate of drug-likeness (QED) is 0.161. The lowest BCUT2D eigenvalue weighted by Gasteiger charge is -2.24. The number of carbonyl (C=O) groups excluding carboxylic acids is 2. The first-order valence-electron chi connectivity index (χ1n) is 14.2. The van der Waals surface area contributed by atoms with Crippen LogP contribution >= 0.6 is 23.2 Å². The summed E-state index contributed by atoms with van der Waals surface area (Å²) in [6.07, 6.45) is 5.92. The molecule has 0 bridgehead atoms. The molecule has 1 aliphatic rings.